The molecular weight excluding hydrogens is 430 g/mol. The van der Waals surface area contributed by atoms with Crippen LogP contribution in [-0.4, -0.2) is 44.1 Å². The fraction of sp³-hybridized carbons (Fsp3) is 0.360. The van der Waals surface area contributed by atoms with Gasteiger partial charge in [0.25, 0.3) is 0 Å². The Morgan fingerprint density at radius 3 is 2.79 bits per heavy atom. The molecule has 0 radical (unpaired) electrons. The Morgan fingerprint density at radius 2 is 2.12 bits per heavy atom. The van der Waals surface area contributed by atoms with Gasteiger partial charge < -0.3 is 25.1 Å². The van der Waals surface area contributed by atoms with Gasteiger partial charge in [-0.25, -0.2) is 14.8 Å². The summed E-state index contributed by atoms with van der Waals surface area (Å²) in [5.41, 5.74) is 9.89. The van der Waals surface area contributed by atoms with E-state index in [1.165, 1.54) is 6.33 Å². The molecule has 1 atom stereocenters. The van der Waals surface area contributed by atoms with E-state index in [4.69, 9.17) is 10.5 Å². The molecule has 0 fully saturated rings. The quantitative estimate of drug-likeness (QED) is 0.594. The molecule has 1 aliphatic rings. The lowest BCUT2D eigenvalue weighted by Crippen LogP contribution is -2.39. The van der Waals surface area contributed by atoms with E-state index in [2.05, 4.69) is 44.0 Å². The van der Waals surface area contributed by atoms with Crippen LogP contribution in [0.4, 0.5) is 16.4 Å². The highest BCUT2D eigenvalue weighted by atomic mass is 16.6. The van der Waals surface area contributed by atoms with Gasteiger partial charge in [0.05, 0.1) is 11.7 Å². The summed E-state index contributed by atoms with van der Waals surface area (Å²) in [4.78, 5) is 22.3. The third-order valence-electron chi connectivity index (χ3n) is 5.68. The van der Waals surface area contributed by atoms with Gasteiger partial charge in [0, 0.05) is 30.4 Å². The molecule has 1 unspecified atom stereocenters. The van der Waals surface area contributed by atoms with E-state index in [0.29, 0.717) is 25.3 Å². The van der Waals surface area contributed by atoms with Gasteiger partial charge in [0.15, 0.2) is 0 Å². The Hall–Kier alpha value is -4.06. The summed E-state index contributed by atoms with van der Waals surface area (Å²) >= 11 is 0. The van der Waals surface area contributed by atoms with Gasteiger partial charge in [-0.2, -0.15) is 5.26 Å². The summed E-state index contributed by atoms with van der Waals surface area (Å²) in [7, 11) is 0. The van der Waals surface area contributed by atoms with Gasteiger partial charge in [0.1, 0.15) is 35.2 Å². The minimum absolute atomic E-state index is 0.145. The van der Waals surface area contributed by atoms with E-state index in [1.807, 2.05) is 46.0 Å². The molecule has 0 saturated carbocycles. The van der Waals surface area contributed by atoms with E-state index in [1.54, 1.807) is 4.90 Å². The lowest BCUT2D eigenvalue weighted by molar-refractivity contribution is 0.0270. The molecule has 0 aliphatic carbocycles. The second-order valence-electron chi connectivity index (χ2n) is 9.31. The number of anilines is 2. The smallest absolute Gasteiger partial charge is 0.410 e. The molecule has 9 nitrogen and oxygen atoms in total. The van der Waals surface area contributed by atoms with Crippen LogP contribution in [0.25, 0.3) is 11.1 Å². The predicted octanol–water partition coefficient (Wildman–Crippen LogP) is 4.38. The van der Waals surface area contributed by atoms with Crippen LogP contribution in [0.15, 0.2) is 42.9 Å². The van der Waals surface area contributed by atoms with E-state index in [9.17, 15) is 10.1 Å². The first kappa shape index (κ1) is 23.1. The summed E-state index contributed by atoms with van der Waals surface area (Å²) in [5.74, 6) is 0.545. The number of nitrogens with zero attached hydrogens (tertiary/aromatic N) is 5. The van der Waals surface area contributed by atoms with E-state index in [0.717, 1.165) is 22.3 Å². The van der Waals surface area contributed by atoms with Crippen molar-refractivity contribution in [3.8, 4) is 6.07 Å². The fourth-order valence-corrected chi connectivity index (χ4v) is 4.09. The minimum Gasteiger partial charge on any atom is -0.444 e. The normalized spacial score (nSPS) is 14.9. The molecule has 0 spiro atoms. The fourth-order valence-electron chi connectivity index (χ4n) is 4.09. The maximum atomic E-state index is 12.5. The molecule has 9 heteroatoms. The van der Waals surface area contributed by atoms with Crippen molar-refractivity contribution >= 4 is 28.8 Å². The first-order valence-corrected chi connectivity index (χ1v) is 11.2. The zero-order chi connectivity index (χ0) is 24.5. The van der Waals surface area contributed by atoms with Crippen LogP contribution in [-0.2, 0) is 4.74 Å². The van der Waals surface area contributed by atoms with E-state index in [-0.39, 0.29) is 23.5 Å². The molecule has 0 saturated heterocycles. The SMILES string of the molecule is CC(Nc1ncnc(N)c1C#N)c1cc2ccccn2c1C1=CCN(C(=O)OC(C)(C)C)CC1. The molecule has 4 rings (SSSR count). The Labute approximate surface area is 198 Å². The average Bonchev–Trinajstić information content (AvgIpc) is 3.18. The van der Waals surface area contributed by atoms with Crippen LogP contribution in [0.5, 0.6) is 0 Å². The van der Waals surface area contributed by atoms with Crippen LogP contribution in [0, 0.1) is 11.3 Å². The van der Waals surface area contributed by atoms with Crippen molar-refractivity contribution in [1.29, 1.82) is 5.26 Å². The highest BCUT2D eigenvalue weighted by molar-refractivity contribution is 5.76. The molecule has 0 bridgehead atoms. The van der Waals surface area contributed by atoms with Crippen LogP contribution >= 0.6 is 0 Å². The number of fused-ring (bicyclic) bond motifs is 1. The number of pyridine rings is 1. The number of ether oxygens (including phenoxy) is 1. The highest BCUT2D eigenvalue weighted by Gasteiger charge is 2.27. The molecule has 34 heavy (non-hydrogen) atoms. The molecule has 0 aromatic carbocycles. The summed E-state index contributed by atoms with van der Waals surface area (Å²) in [6.45, 7) is 8.68. The number of nitrogens with one attached hydrogen (secondary N) is 1. The Morgan fingerprint density at radius 1 is 1.32 bits per heavy atom. The number of nitrogen functional groups attached to an aromatic ring is 1. The van der Waals surface area contributed by atoms with Crippen molar-refractivity contribution in [1.82, 2.24) is 19.3 Å². The number of hydrogen-bond donors (Lipinski definition) is 2. The third-order valence-corrected chi connectivity index (χ3v) is 5.68. The van der Waals surface area contributed by atoms with Crippen molar-refractivity contribution in [2.24, 2.45) is 0 Å². The topological polar surface area (TPSA) is 122 Å². The van der Waals surface area contributed by atoms with E-state index >= 15 is 0 Å². The number of hydrogen-bond acceptors (Lipinski definition) is 7. The van der Waals surface area contributed by atoms with Crippen LogP contribution in [0.1, 0.15) is 57.0 Å². The van der Waals surface area contributed by atoms with Crippen molar-refractivity contribution in [2.45, 2.75) is 45.8 Å². The predicted molar refractivity (Wildman–Crippen MR) is 131 cm³/mol. The first-order valence-electron chi connectivity index (χ1n) is 11.2. The maximum absolute atomic E-state index is 12.5. The summed E-state index contributed by atoms with van der Waals surface area (Å²) < 4.78 is 7.68. The molecule has 3 N–H and O–H groups in total. The third kappa shape index (κ3) is 4.66. The number of carbonyl (C=O) groups is 1. The number of aromatic nitrogens is 3. The van der Waals surface area contributed by atoms with E-state index < -0.39 is 5.60 Å². The Balaban J connectivity index is 1.66. The zero-order valence-corrected chi connectivity index (χ0v) is 19.9. The Bertz CT molecular complexity index is 1300. The molecule has 4 heterocycles. The minimum atomic E-state index is -0.528. The average molecular weight is 460 g/mol. The zero-order valence-electron chi connectivity index (χ0n) is 19.9. The van der Waals surface area contributed by atoms with Gasteiger partial charge in [-0.1, -0.05) is 12.1 Å². The number of carbonyl (C=O) groups excluding carboxylic acids is 1. The van der Waals surface area contributed by atoms with Crippen LogP contribution < -0.4 is 11.1 Å². The molecule has 176 valence electrons. The maximum Gasteiger partial charge on any atom is 0.410 e. The van der Waals surface area contributed by atoms with Crippen molar-refractivity contribution < 1.29 is 9.53 Å². The largest absolute Gasteiger partial charge is 0.444 e. The molecule has 3 aromatic heterocycles. The van der Waals surface area contributed by atoms with Gasteiger partial charge in [-0.15, -0.1) is 0 Å². The second kappa shape index (κ2) is 9.06. The summed E-state index contributed by atoms with van der Waals surface area (Å²) in [5, 5.41) is 12.8. The van der Waals surface area contributed by atoms with Gasteiger partial charge in [0.2, 0.25) is 0 Å². The lowest BCUT2D eigenvalue weighted by atomic mass is 9.98. The lowest BCUT2D eigenvalue weighted by Gasteiger charge is -2.30. The number of amides is 1. The number of nitrogens with two attached hydrogens (primary N) is 1. The molecule has 1 amide bonds. The second-order valence-corrected chi connectivity index (χ2v) is 9.31. The standard InChI is InChI=1S/C25H29N7O2/c1-16(30-23-20(14-26)22(27)28-15-29-23)19-13-18-7-5-6-10-32(18)21(19)17-8-11-31(12-9-17)24(33)34-25(2,3)4/h5-8,10,13,15-16H,9,11-12H2,1-4H3,(H3,27,28,29,30). The van der Waals surface area contributed by atoms with Crippen LogP contribution in [0.2, 0.25) is 0 Å². The monoisotopic (exact) mass is 459 g/mol. The first-order chi connectivity index (χ1) is 16.2. The number of nitriles is 1. The Kier molecular flexibility index (Phi) is 6.16. The van der Waals surface area contributed by atoms with Gasteiger partial charge in [-0.05, 0) is 57.9 Å². The van der Waals surface area contributed by atoms with Crippen molar-refractivity contribution in [2.75, 3.05) is 24.1 Å². The molecule has 1 aliphatic heterocycles. The number of rotatable bonds is 4. The van der Waals surface area contributed by atoms with Gasteiger partial charge in [-0.3, -0.25) is 0 Å². The molecule has 3 aromatic rings. The van der Waals surface area contributed by atoms with Gasteiger partial charge >= 0.3 is 6.09 Å². The summed E-state index contributed by atoms with van der Waals surface area (Å²) in [6.07, 6.45) is 5.86. The van der Waals surface area contributed by atoms with Crippen molar-refractivity contribution in [3.05, 3.63) is 59.7 Å². The van der Waals surface area contributed by atoms with Crippen molar-refractivity contribution in [3.63, 3.8) is 0 Å². The van der Waals surface area contributed by atoms with Crippen LogP contribution in [0.3, 0.4) is 0 Å². The highest BCUT2D eigenvalue weighted by Crippen LogP contribution is 2.34. The molecular formula is C25H29N7O2. The summed E-state index contributed by atoms with van der Waals surface area (Å²) in [6, 6.07) is 10.1.